The van der Waals surface area contributed by atoms with Crippen LogP contribution >= 0.6 is 35.0 Å². The molecule has 150 valence electrons. The summed E-state index contributed by atoms with van der Waals surface area (Å²) in [6.07, 6.45) is 1.75. The summed E-state index contributed by atoms with van der Waals surface area (Å²) in [7, 11) is 1.61. The second-order valence-electron chi connectivity index (χ2n) is 5.87. The highest BCUT2D eigenvalue weighted by Gasteiger charge is 2.18. The van der Waals surface area contributed by atoms with Gasteiger partial charge in [0, 0.05) is 11.6 Å². The number of hydrogen-bond donors (Lipinski definition) is 1. The summed E-state index contributed by atoms with van der Waals surface area (Å²) in [5.41, 5.74) is 1.28. The van der Waals surface area contributed by atoms with Crippen molar-refractivity contribution in [2.24, 2.45) is 0 Å². The van der Waals surface area contributed by atoms with E-state index in [2.05, 4.69) is 22.1 Å². The number of carbonyl (C=O) groups is 1. The van der Waals surface area contributed by atoms with Crippen LogP contribution in [-0.2, 0) is 11.3 Å². The second kappa shape index (κ2) is 9.82. The van der Waals surface area contributed by atoms with Crippen molar-refractivity contribution in [2.75, 3.05) is 18.2 Å². The molecule has 0 spiro atoms. The van der Waals surface area contributed by atoms with Gasteiger partial charge in [-0.05, 0) is 30.3 Å². The molecule has 0 saturated carbocycles. The minimum absolute atomic E-state index is 0.129. The van der Waals surface area contributed by atoms with E-state index >= 15 is 0 Å². The zero-order valence-corrected chi connectivity index (χ0v) is 17.9. The highest BCUT2D eigenvalue weighted by molar-refractivity contribution is 7.99. The fourth-order valence-electron chi connectivity index (χ4n) is 2.63. The first-order valence-corrected chi connectivity index (χ1v) is 10.3. The minimum Gasteiger partial charge on any atom is -0.496 e. The fraction of sp³-hybridized carbons (Fsp3) is 0.150. The summed E-state index contributed by atoms with van der Waals surface area (Å²) < 4.78 is 7.31. The van der Waals surface area contributed by atoms with Crippen LogP contribution in [0.15, 0.2) is 60.3 Å². The Hall–Kier alpha value is -2.48. The number of rotatable bonds is 8. The number of para-hydroxylation sites is 1. The first kappa shape index (κ1) is 21.2. The Morgan fingerprint density at radius 2 is 2.07 bits per heavy atom. The molecular formula is C20H18Cl2N4O2S. The molecule has 0 unspecified atom stereocenters. The molecule has 1 amide bonds. The van der Waals surface area contributed by atoms with Crippen LogP contribution in [0.4, 0.5) is 5.69 Å². The van der Waals surface area contributed by atoms with Crippen LogP contribution in [0.3, 0.4) is 0 Å². The van der Waals surface area contributed by atoms with Gasteiger partial charge in [-0.3, -0.25) is 9.36 Å². The van der Waals surface area contributed by atoms with E-state index in [1.165, 1.54) is 11.8 Å². The van der Waals surface area contributed by atoms with Crippen molar-refractivity contribution in [3.8, 4) is 17.1 Å². The van der Waals surface area contributed by atoms with Gasteiger partial charge in [0.2, 0.25) is 5.91 Å². The maximum absolute atomic E-state index is 12.4. The van der Waals surface area contributed by atoms with Crippen molar-refractivity contribution < 1.29 is 9.53 Å². The molecule has 6 nitrogen and oxygen atoms in total. The number of amides is 1. The zero-order chi connectivity index (χ0) is 20.8. The molecule has 0 bridgehead atoms. The Morgan fingerprint density at radius 3 is 2.83 bits per heavy atom. The van der Waals surface area contributed by atoms with Crippen LogP contribution in [0.1, 0.15) is 0 Å². The molecule has 0 aliphatic heterocycles. The van der Waals surface area contributed by atoms with Gasteiger partial charge in [-0.2, -0.15) is 0 Å². The highest BCUT2D eigenvalue weighted by atomic mass is 35.5. The number of nitrogens with zero attached hydrogens (tertiary/aromatic N) is 3. The Bertz CT molecular complexity index is 1040. The molecule has 1 aromatic heterocycles. The number of hydrogen-bond acceptors (Lipinski definition) is 5. The third-order valence-corrected chi connectivity index (χ3v) is 5.44. The number of anilines is 1. The molecule has 0 fully saturated rings. The summed E-state index contributed by atoms with van der Waals surface area (Å²) in [5.74, 6) is 1.23. The largest absolute Gasteiger partial charge is 0.496 e. The third kappa shape index (κ3) is 5.12. The zero-order valence-electron chi connectivity index (χ0n) is 15.6. The number of aromatic nitrogens is 3. The summed E-state index contributed by atoms with van der Waals surface area (Å²) in [4.78, 5) is 12.4. The summed E-state index contributed by atoms with van der Waals surface area (Å²) in [6.45, 7) is 4.29. The Labute approximate surface area is 182 Å². The molecule has 0 atom stereocenters. The molecule has 1 heterocycles. The van der Waals surface area contributed by atoms with Gasteiger partial charge in [0.15, 0.2) is 11.0 Å². The third-order valence-electron chi connectivity index (χ3n) is 3.91. The quantitative estimate of drug-likeness (QED) is 0.379. The van der Waals surface area contributed by atoms with E-state index in [-0.39, 0.29) is 11.7 Å². The number of carbonyl (C=O) groups excluding carboxylic acids is 1. The SMILES string of the molecule is C=CCn1c(SCC(=O)Nc2cc(Cl)ccc2Cl)nnc1-c1ccccc1OC. The van der Waals surface area contributed by atoms with E-state index < -0.39 is 0 Å². The standard InChI is InChI=1S/C20H18Cl2N4O2S/c1-3-10-26-19(14-6-4-5-7-17(14)28-2)24-25-20(26)29-12-18(27)23-16-11-13(21)8-9-15(16)22/h3-9,11H,1,10,12H2,2H3,(H,23,27). The van der Waals surface area contributed by atoms with Gasteiger partial charge >= 0.3 is 0 Å². The molecule has 0 radical (unpaired) electrons. The minimum atomic E-state index is -0.230. The van der Waals surface area contributed by atoms with Crippen molar-refractivity contribution in [1.82, 2.24) is 14.8 Å². The van der Waals surface area contributed by atoms with Gasteiger partial charge in [-0.25, -0.2) is 0 Å². The predicted octanol–water partition coefficient (Wildman–Crippen LogP) is 5.18. The molecular weight excluding hydrogens is 431 g/mol. The van der Waals surface area contributed by atoms with Crippen LogP contribution in [0, 0.1) is 0 Å². The van der Waals surface area contributed by atoms with Crippen molar-refractivity contribution in [1.29, 1.82) is 0 Å². The average molecular weight is 449 g/mol. The maximum Gasteiger partial charge on any atom is 0.234 e. The fourth-order valence-corrected chi connectivity index (χ4v) is 3.71. The lowest BCUT2D eigenvalue weighted by Crippen LogP contribution is -2.15. The molecule has 0 aliphatic rings. The van der Waals surface area contributed by atoms with Crippen molar-refractivity contribution in [2.45, 2.75) is 11.7 Å². The van der Waals surface area contributed by atoms with Crippen LogP contribution in [0.25, 0.3) is 11.4 Å². The van der Waals surface area contributed by atoms with Gasteiger partial charge in [-0.1, -0.05) is 53.2 Å². The van der Waals surface area contributed by atoms with Gasteiger partial charge < -0.3 is 10.1 Å². The van der Waals surface area contributed by atoms with E-state index in [4.69, 9.17) is 27.9 Å². The number of benzene rings is 2. The van der Waals surface area contributed by atoms with E-state index in [9.17, 15) is 4.79 Å². The second-order valence-corrected chi connectivity index (χ2v) is 7.65. The molecule has 0 saturated heterocycles. The Balaban J connectivity index is 1.77. The number of thioether (sulfide) groups is 1. The van der Waals surface area contributed by atoms with Gasteiger partial charge in [0.25, 0.3) is 0 Å². The first-order chi connectivity index (χ1) is 14.0. The molecule has 0 aliphatic carbocycles. The normalized spacial score (nSPS) is 10.6. The van der Waals surface area contributed by atoms with E-state index in [0.717, 1.165) is 5.56 Å². The van der Waals surface area contributed by atoms with Crippen LogP contribution < -0.4 is 10.1 Å². The predicted molar refractivity (Wildman–Crippen MR) is 118 cm³/mol. The van der Waals surface area contributed by atoms with E-state index in [1.807, 2.05) is 28.8 Å². The first-order valence-electron chi connectivity index (χ1n) is 8.58. The average Bonchev–Trinajstić information content (AvgIpc) is 3.12. The summed E-state index contributed by atoms with van der Waals surface area (Å²) in [5, 5.41) is 12.8. The summed E-state index contributed by atoms with van der Waals surface area (Å²) in [6, 6.07) is 12.4. The monoisotopic (exact) mass is 448 g/mol. The Morgan fingerprint density at radius 1 is 1.28 bits per heavy atom. The molecule has 3 rings (SSSR count). The number of methoxy groups -OCH3 is 1. The molecule has 3 aromatic rings. The van der Waals surface area contributed by atoms with Crippen molar-refractivity contribution in [3.05, 3.63) is 65.2 Å². The van der Waals surface area contributed by atoms with Crippen LogP contribution in [0.2, 0.25) is 10.0 Å². The molecule has 2 aromatic carbocycles. The lowest BCUT2D eigenvalue weighted by molar-refractivity contribution is -0.113. The summed E-state index contributed by atoms with van der Waals surface area (Å²) >= 11 is 13.3. The van der Waals surface area contributed by atoms with Gasteiger partial charge in [0.05, 0.1) is 29.1 Å². The van der Waals surface area contributed by atoms with Crippen molar-refractivity contribution in [3.63, 3.8) is 0 Å². The lowest BCUT2D eigenvalue weighted by atomic mass is 10.2. The molecule has 1 N–H and O–H groups in total. The van der Waals surface area contributed by atoms with Crippen molar-refractivity contribution >= 4 is 46.6 Å². The topological polar surface area (TPSA) is 69.0 Å². The lowest BCUT2D eigenvalue weighted by Gasteiger charge is -2.11. The highest BCUT2D eigenvalue weighted by Crippen LogP contribution is 2.31. The Kier molecular flexibility index (Phi) is 7.19. The van der Waals surface area contributed by atoms with E-state index in [1.54, 1.807) is 31.4 Å². The number of halogens is 2. The van der Waals surface area contributed by atoms with Gasteiger partial charge in [0.1, 0.15) is 5.75 Å². The number of nitrogens with one attached hydrogen (secondary N) is 1. The van der Waals surface area contributed by atoms with Gasteiger partial charge in [-0.15, -0.1) is 16.8 Å². The molecule has 29 heavy (non-hydrogen) atoms. The number of ether oxygens (including phenoxy) is 1. The smallest absolute Gasteiger partial charge is 0.234 e. The number of allylic oxidation sites excluding steroid dienone is 1. The van der Waals surface area contributed by atoms with E-state index in [0.29, 0.717) is 39.0 Å². The maximum atomic E-state index is 12.4. The van der Waals surface area contributed by atoms with Crippen LogP contribution in [0.5, 0.6) is 5.75 Å². The van der Waals surface area contributed by atoms with Crippen LogP contribution in [-0.4, -0.2) is 33.5 Å². The molecule has 9 heteroatoms.